The molecule has 0 amide bonds. The van der Waals surface area contributed by atoms with Crippen molar-refractivity contribution in [2.24, 2.45) is 0 Å². The van der Waals surface area contributed by atoms with Crippen LogP contribution < -0.4 is 5.56 Å². The molecule has 0 spiro atoms. The number of hydrogen-bond acceptors (Lipinski definition) is 2. The van der Waals surface area contributed by atoms with E-state index in [2.05, 4.69) is 0 Å². The summed E-state index contributed by atoms with van der Waals surface area (Å²) in [5.74, 6) is -1.05. The maximum Gasteiger partial charge on any atom is 0.328 e. The number of carboxylic acid groups (broad SMARTS) is 1. The lowest BCUT2D eigenvalue weighted by atomic mass is 10.1. The molecule has 1 aromatic heterocycles. The molecule has 1 heterocycles. The van der Waals surface area contributed by atoms with Crippen molar-refractivity contribution in [3.05, 3.63) is 39.3 Å². The molecule has 1 aromatic rings. The van der Waals surface area contributed by atoms with Crippen LogP contribution in [-0.4, -0.2) is 15.6 Å². The van der Waals surface area contributed by atoms with Gasteiger partial charge in [-0.2, -0.15) is 0 Å². The fourth-order valence-corrected chi connectivity index (χ4v) is 1.69. The van der Waals surface area contributed by atoms with Crippen molar-refractivity contribution in [1.82, 2.24) is 4.57 Å². The van der Waals surface area contributed by atoms with Crippen molar-refractivity contribution in [2.45, 2.75) is 27.3 Å². The quantitative estimate of drug-likeness (QED) is 0.788. The predicted octanol–water partition coefficient (Wildman–Crippen LogP) is 1.58. The fraction of sp³-hybridized carbons (Fsp3) is 0.333. The zero-order chi connectivity index (χ0) is 12.3. The van der Waals surface area contributed by atoms with E-state index in [1.54, 1.807) is 11.5 Å². The summed E-state index contributed by atoms with van der Waals surface area (Å²) in [5, 5.41) is 8.54. The maximum absolute atomic E-state index is 12.0. The Morgan fingerprint density at radius 3 is 2.62 bits per heavy atom. The molecule has 0 saturated heterocycles. The summed E-state index contributed by atoms with van der Waals surface area (Å²) in [5.41, 5.74) is 1.98. The largest absolute Gasteiger partial charge is 0.478 e. The van der Waals surface area contributed by atoms with E-state index < -0.39 is 5.97 Å². The molecule has 0 unspecified atom stereocenters. The molecular formula is C12H15NO3. The van der Waals surface area contributed by atoms with Crippen molar-refractivity contribution in [1.29, 1.82) is 0 Å². The van der Waals surface area contributed by atoms with E-state index in [9.17, 15) is 9.59 Å². The Kier molecular flexibility index (Phi) is 3.66. The predicted molar refractivity (Wildman–Crippen MR) is 62.5 cm³/mol. The Morgan fingerprint density at radius 1 is 1.50 bits per heavy atom. The van der Waals surface area contributed by atoms with Crippen molar-refractivity contribution in [3.63, 3.8) is 0 Å². The molecule has 0 atom stereocenters. The summed E-state index contributed by atoms with van der Waals surface area (Å²) in [6, 6.07) is 1.88. The Morgan fingerprint density at radius 2 is 2.12 bits per heavy atom. The third-order valence-electron chi connectivity index (χ3n) is 2.46. The van der Waals surface area contributed by atoms with E-state index in [-0.39, 0.29) is 5.56 Å². The first-order valence-corrected chi connectivity index (χ1v) is 5.09. The number of hydrogen-bond donors (Lipinski definition) is 1. The number of carbonyl (C=O) groups is 1. The number of aryl methyl sites for hydroxylation is 2. The van der Waals surface area contributed by atoms with E-state index in [0.717, 1.165) is 17.3 Å². The minimum atomic E-state index is -1.05. The van der Waals surface area contributed by atoms with Crippen LogP contribution in [0.4, 0.5) is 0 Å². The summed E-state index contributed by atoms with van der Waals surface area (Å²) >= 11 is 0. The summed E-state index contributed by atoms with van der Waals surface area (Å²) in [7, 11) is 0. The van der Waals surface area contributed by atoms with Crippen LogP contribution >= 0.6 is 0 Å². The van der Waals surface area contributed by atoms with Crippen LogP contribution in [0.2, 0.25) is 0 Å². The molecule has 0 fully saturated rings. The molecule has 16 heavy (non-hydrogen) atoms. The molecule has 0 aliphatic heterocycles. The normalized spacial score (nSPS) is 10.9. The van der Waals surface area contributed by atoms with Gasteiger partial charge in [0.2, 0.25) is 0 Å². The van der Waals surface area contributed by atoms with E-state index in [4.69, 9.17) is 5.11 Å². The van der Waals surface area contributed by atoms with Gasteiger partial charge in [-0.3, -0.25) is 4.79 Å². The lowest BCUT2D eigenvalue weighted by molar-refractivity contribution is -0.131. The Hall–Kier alpha value is -1.84. The highest BCUT2D eigenvalue weighted by Crippen LogP contribution is 2.07. The number of aromatic nitrogens is 1. The Balaban J connectivity index is 3.40. The zero-order valence-electron chi connectivity index (χ0n) is 9.65. The van der Waals surface area contributed by atoms with Gasteiger partial charge in [0.15, 0.2) is 0 Å². The second-order valence-electron chi connectivity index (χ2n) is 3.60. The van der Waals surface area contributed by atoms with Crippen LogP contribution in [0.25, 0.3) is 6.08 Å². The smallest absolute Gasteiger partial charge is 0.328 e. The third-order valence-corrected chi connectivity index (χ3v) is 2.46. The topological polar surface area (TPSA) is 59.3 Å². The number of rotatable bonds is 3. The standard InChI is InChI=1S/C12H15NO3/c1-4-13-9(3)7-8(2)10(12(13)16)5-6-11(14)15/h5-7H,4H2,1-3H3,(H,14,15)/b6-5+. The fourth-order valence-electron chi connectivity index (χ4n) is 1.69. The van der Waals surface area contributed by atoms with Gasteiger partial charge < -0.3 is 9.67 Å². The summed E-state index contributed by atoms with van der Waals surface area (Å²) < 4.78 is 1.62. The molecule has 0 bridgehead atoms. The maximum atomic E-state index is 12.0. The van der Waals surface area contributed by atoms with Gasteiger partial charge in [0.25, 0.3) is 5.56 Å². The van der Waals surface area contributed by atoms with Crippen molar-refractivity contribution in [3.8, 4) is 0 Å². The second kappa shape index (κ2) is 4.79. The Labute approximate surface area is 93.8 Å². The number of pyridine rings is 1. The molecule has 0 saturated carbocycles. The molecular weight excluding hydrogens is 206 g/mol. The van der Waals surface area contributed by atoms with E-state index in [0.29, 0.717) is 12.1 Å². The van der Waals surface area contributed by atoms with Gasteiger partial charge in [0, 0.05) is 23.9 Å². The molecule has 0 radical (unpaired) electrons. The minimum Gasteiger partial charge on any atom is -0.478 e. The van der Waals surface area contributed by atoms with E-state index in [1.807, 2.05) is 19.9 Å². The molecule has 4 heteroatoms. The Bertz CT molecular complexity index is 498. The molecule has 0 aliphatic carbocycles. The summed E-state index contributed by atoms with van der Waals surface area (Å²) in [6.45, 7) is 6.13. The van der Waals surface area contributed by atoms with E-state index >= 15 is 0 Å². The van der Waals surface area contributed by atoms with E-state index in [1.165, 1.54) is 6.08 Å². The van der Waals surface area contributed by atoms with Crippen molar-refractivity contribution < 1.29 is 9.90 Å². The molecule has 1 rings (SSSR count). The average Bonchev–Trinajstić information content (AvgIpc) is 2.16. The molecule has 1 N–H and O–H groups in total. The highest BCUT2D eigenvalue weighted by molar-refractivity contribution is 5.85. The summed E-state index contributed by atoms with van der Waals surface area (Å²) in [6.07, 6.45) is 2.34. The van der Waals surface area contributed by atoms with Crippen LogP contribution in [0.15, 0.2) is 16.9 Å². The first-order chi connectivity index (χ1) is 7.47. The van der Waals surface area contributed by atoms with Crippen LogP contribution in [0, 0.1) is 13.8 Å². The van der Waals surface area contributed by atoms with Gasteiger partial charge in [-0.1, -0.05) is 0 Å². The lowest BCUT2D eigenvalue weighted by Gasteiger charge is -2.10. The minimum absolute atomic E-state index is 0.141. The first-order valence-electron chi connectivity index (χ1n) is 5.09. The van der Waals surface area contributed by atoms with Crippen LogP contribution in [0.3, 0.4) is 0 Å². The van der Waals surface area contributed by atoms with Crippen molar-refractivity contribution in [2.75, 3.05) is 0 Å². The molecule has 0 aliphatic rings. The molecule has 86 valence electrons. The van der Waals surface area contributed by atoms with Gasteiger partial charge in [-0.15, -0.1) is 0 Å². The monoisotopic (exact) mass is 221 g/mol. The highest BCUT2D eigenvalue weighted by Gasteiger charge is 2.06. The number of nitrogens with zero attached hydrogens (tertiary/aromatic N) is 1. The average molecular weight is 221 g/mol. The van der Waals surface area contributed by atoms with Gasteiger partial charge in [-0.05, 0) is 38.5 Å². The van der Waals surface area contributed by atoms with Gasteiger partial charge in [0.1, 0.15) is 0 Å². The first kappa shape index (κ1) is 12.2. The number of aliphatic carboxylic acids is 1. The SMILES string of the molecule is CCn1c(C)cc(C)c(/C=C/C(=O)O)c1=O. The molecule has 0 aromatic carbocycles. The van der Waals surface area contributed by atoms with Gasteiger partial charge >= 0.3 is 5.97 Å². The highest BCUT2D eigenvalue weighted by atomic mass is 16.4. The van der Waals surface area contributed by atoms with Crippen LogP contribution in [0.5, 0.6) is 0 Å². The lowest BCUT2D eigenvalue weighted by Crippen LogP contribution is -2.24. The van der Waals surface area contributed by atoms with Crippen molar-refractivity contribution >= 4 is 12.0 Å². The zero-order valence-corrected chi connectivity index (χ0v) is 9.65. The van der Waals surface area contributed by atoms with Crippen LogP contribution in [-0.2, 0) is 11.3 Å². The van der Waals surface area contributed by atoms with Crippen LogP contribution in [0.1, 0.15) is 23.7 Å². The van der Waals surface area contributed by atoms with Gasteiger partial charge in [-0.25, -0.2) is 4.79 Å². The third kappa shape index (κ3) is 2.39. The van der Waals surface area contributed by atoms with Gasteiger partial charge in [0.05, 0.1) is 0 Å². The summed E-state index contributed by atoms with van der Waals surface area (Å²) in [4.78, 5) is 22.4. The number of carboxylic acids is 1. The second-order valence-corrected chi connectivity index (χ2v) is 3.60. The molecule has 4 nitrogen and oxygen atoms in total.